The highest BCUT2D eigenvalue weighted by molar-refractivity contribution is 7.99. The van der Waals surface area contributed by atoms with E-state index in [0.717, 1.165) is 16.3 Å². The van der Waals surface area contributed by atoms with Gasteiger partial charge in [0.2, 0.25) is 0 Å². The number of halogens is 1. The molecule has 1 aromatic heterocycles. The zero-order chi connectivity index (χ0) is 16.2. The lowest BCUT2D eigenvalue weighted by Gasteiger charge is -2.19. The second-order valence-corrected chi connectivity index (χ2v) is 7.03. The molecule has 2 nitrogen and oxygen atoms in total. The molecule has 0 bridgehead atoms. The number of para-hydroxylation sites is 1. The summed E-state index contributed by atoms with van der Waals surface area (Å²) < 4.78 is 0. The molecule has 0 saturated carbocycles. The Morgan fingerprint density at radius 2 is 1.67 bits per heavy atom. The van der Waals surface area contributed by atoms with E-state index >= 15 is 0 Å². The standard InChI is InChI=1S/C20H22N2S.ClH/c1-15(22(2)3)14-23-20-18(16-9-5-4-6-10-16)13-17-11-7-8-12-19(17)21-20;/h4-13,15H,14H2,1-3H3;1H. The van der Waals surface area contributed by atoms with Gasteiger partial charge in [0, 0.05) is 22.7 Å². The van der Waals surface area contributed by atoms with Crippen LogP contribution in [-0.4, -0.2) is 35.8 Å². The summed E-state index contributed by atoms with van der Waals surface area (Å²) in [6, 6.07) is 21.7. The van der Waals surface area contributed by atoms with Crippen LogP contribution in [0.3, 0.4) is 0 Å². The topological polar surface area (TPSA) is 16.1 Å². The summed E-state index contributed by atoms with van der Waals surface area (Å²) in [6.45, 7) is 2.25. The lowest BCUT2D eigenvalue weighted by atomic mass is 10.1. The number of aromatic nitrogens is 1. The van der Waals surface area contributed by atoms with E-state index in [4.69, 9.17) is 4.98 Å². The van der Waals surface area contributed by atoms with Crippen molar-refractivity contribution in [3.8, 4) is 11.1 Å². The summed E-state index contributed by atoms with van der Waals surface area (Å²) in [5.74, 6) is 1.03. The minimum atomic E-state index is 0. The Morgan fingerprint density at radius 3 is 2.38 bits per heavy atom. The van der Waals surface area contributed by atoms with E-state index in [9.17, 15) is 0 Å². The van der Waals surface area contributed by atoms with Crippen LogP contribution in [0, 0.1) is 0 Å². The van der Waals surface area contributed by atoms with Crippen LogP contribution in [0.5, 0.6) is 0 Å². The van der Waals surface area contributed by atoms with E-state index in [1.165, 1.54) is 16.5 Å². The molecule has 4 heteroatoms. The Hall–Kier alpha value is -1.55. The molecule has 3 aromatic rings. The van der Waals surface area contributed by atoms with Gasteiger partial charge in [-0.3, -0.25) is 0 Å². The summed E-state index contributed by atoms with van der Waals surface area (Å²) in [6.07, 6.45) is 0. The maximum atomic E-state index is 4.93. The van der Waals surface area contributed by atoms with E-state index in [-0.39, 0.29) is 12.4 Å². The van der Waals surface area contributed by atoms with Gasteiger partial charge in [0.15, 0.2) is 0 Å². The van der Waals surface area contributed by atoms with Crippen molar-refractivity contribution < 1.29 is 0 Å². The predicted molar refractivity (Wildman–Crippen MR) is 108 cm³/mol. The van der Waals surface area contributed by atoms with Crippen molar-refractivity contribution in [1.82, 2.24) is 9.88 Å². The van der Waals surface area contributed by atoms with Crippen LogP contribution in [0.1, 0.15) is 6.92 Å². The highest BCUT2D eigenvalue weighted by Gasteiger charge is 2.12. The minimum Gasteiger partial charge on any atom is -0.306 e. The Morgan fingerprint density at radius 1 is 1.00 bits per heavy atom. The Kier molecular flexibility index (Phi) is 6.67. The molecule has 0 saturated heterocycles. The van der Waals surface area contributed by atoms with Gasteiger partial charge in [0.25, 0.3) is 0 Å². The number of hydrogen-bond donors (Lipinski definition) is 0. The molecule has 0 aliphatic carbocycles. The molecule has 0 amide bonds. The van der Waals surface area contributed by atoms with Crippen molar-refractivity contribution in [1.29, 1.82) is 0 Å². The number of nitrogens with zero attached hydrogens (tertiary/aromatic N) is 2. The van der Waals surface area contributed by atoms with Gasteiger partial charge < -0.3 is 4.90 Å². The van der Waals surface area contributed by atoms with Gasteiger partial charge in [-0.1, -0.05) is 48.5 Å². The minimum absolute atomic E-state index is 0. The first-order valence-corrected chi connectivity index (χ1v) is 8.88. The van der Waals surface area contributed by atoms with Crippen molar-refractivity contribution in [3.05, 3.63) is 60.7 Å². The van der Waals surface area contributed by atoms with Gasteiger partial charge >= 0.3 is 0 Å². The molecule has 0 N–H and O–H groups in total. The van der Waals surface area contributed by atoms with E-state index in [2.05, 4.69) is 86.6 Å². The molecule has 2 aromatic carbocycles. The van der Waals surface area contributed by atoms with Crippen molar-refractivity contribution in [3.63, 3.8) is 0 Å². The highest BCUT2D eigenvalue weighted by atomic mass is 35.5. The summed E-state index contributed by atoms with van der Waals surface area (Å²) in [4.78, 5) is 7.17. The van der Waals surface area contributed by atoms with Crippen LogP contribution in [0.2, 0.25) is 0 Å². The third kappa shape index (κ3) is 4.29. The Balaban J connectivity index is 0.00000208. The second kappa shape index (κ2) is 8.52. The average Bonchev–Trinajstić information content (AvgIpc) is 2.59. The fraction of sp³-hybridized carbons (Fsp3) is 0.250. The molecule has 24 heavy (non-hydrogen) atoms. The molecule has 1 unspecified atom stereocenters. The second-order valence-electron chi connectivity index (χ2n) is 6.02. The van der Waals surface area contributed by atoms with Crippen molar-refractivity contribution in [2.24, 2.45) is 0 Å². The van der Waals surface area contributed by atoms with Gasteiger partial charge in [-0.05, 0) is 38.7 Å². The molecule has 0 spiro atoms. The molecular formula is C20H23ClN2S. The number of rotatable bonds is 5. The van der Waals surface area contributed by atoms with Crippen LogP contribution in [0.4, 0.5) is 0 Å². The van der Waals surface area contributed by atoms with Crippen molar-refractivity contribution in [2.45, 2.75) is 18.0 Å². The summed E-state index contributed by atoms with van der Waals surface area (Å²) in [5.41, 5.74) is 3.51. The monoisotopic (exact) mass is 358 g/mol. The maximum Gasteiger partial charge on any atom is 0.105 e. The van der Waals surface area contributed by atoms with Crippen LogP contribution in [0.25, 0.3) is 22.0 Å². The normalized spacial score (nSPS) is 12.2. The number of pyridine rings is 1. The fourth-order valence-corrected chi connectivity index (χ4v) is 3.57. The van der Waals surface area contributed by atoms with Gasteiger partial charge in [-0.15, -0.1) is 24.2 Å². The highest BCUT2D eigenvalue weighted by Crippen LogP contribution is 2.33. The average molecular weight is 359 g/mol. The summed E-state index contributed by atoms with van der Waals surface area (Å²) in [7, 11) is 4.24. The number of hydrogen-bond acceptors (Lipinski definition) is 3. The first-order chi connectivity index (χ1) is 11.1. The zero-order valence-corrected chi connectivity index (χ0v) is 15.9. The van der Waals surface area contributed by atoms with E-state index in [1.54, 1.807) is 0 Å². The number of thioether (sulfide) groups is 1. The molecule has 1 atom stereocenters. The largest absolute Gasteiger partial charge is 0.306 e. The quantitative estimate of drug-likeness (QED) is 0.571. The van der Waals surface area contributed by atoms with Gasteiger partial charge in [0.1, 0.15) is 5.03 Å². The molecule has 0 aliphatic rings. The van der Waals surface area contributed by atoms with Gasteiger partial charge in [-0.2, -0.15) is 0 Å². The molecule has 3 rings (SSSR count). The molecular weight excluding hydrogens is 336 g/mol. The number of fused-ring (bicyclic) bond motifs is 1. The summed E-state index contributed by atoms with van der Waals surface area (Å²) in [5, 5.41) is 2.31. The lowest BCUT2D eigenvalue weighted by Crippen LogP contribution is -2.26. The van der Waals surface area contributed by atoms with Crippen LogP contribution in [-0.2, 0) is 0 Å². The zero-order valence-electron chi connectivity index (χ0n) is 14.3. The molecule has 1 heterocycles. The fourth-order valence-electron chi connectivity index (χ4n) is 2.38. The molecule has 126 valence electrons. The van der Waals surface area contributed by atoms with Crippen LogP contribution >= 0.6 is 24.2 Å². The first kappa shape index (κ1) is 18.8. The Labute approximate surface area is 154 Å². The van der Waals surface area contributed by atoms with E-state index < -0.39 is 0 Å². The van der Waals surface area contributed by atoms with Crippen molar-refractivity contribution >= 4 is 35.1 Å². The maximum absolute atomic E-state index is 4.93. The molecule has 0 aliphatic heterocycles. The van der Waals surface area contributed by atoms with Gasteiger partial charge in [-0.25, -0.2) is 4.98 Å². The number of benzene rings is 2. The van der Waals surface area contributed by atoms with Gasteiger partial charge in [0.05, 0.1) is 5.52 Å². The smallest absolute Gasteiger partial charge is 0.105 e. The summed E-state index contributed by atoms with van der Waals surface area (Å²) >= 11 is 1.84. The third-order valence-electron chi connectivity index (χ3n) is 4.12. The van der Waals surface area contributed by atoms with E-state index in [0.29, 0.717) is 6.04 Å². The predicted octanol–water partition coefficient (Wildman–Crippen LogP) is 5.37. The molecule has 0 fully saturated rings. The van der Waals surface area contributed by atoms with Crippen LogP contribution < -0.4 is 0 Å². The van der Waals surface area contributed by atoms with Crippen LogP contribution in [0.15, 0.2) is 65.7 Å². The molecule has 0 radical (unpaired) electrons. The van der Waals surface area contributed by atoms with E-state index in [1.807, 2.05) is 11.8 Å². The lowest BCUT2D eigenvalue weighted by molar-refractivity contribution is 0.340. The van der Waals surface area contributed by atoms with Crippen molar-refractivity contribution in [2.75, 3.05) is 19.8 Å². The third-order valence-corrected chi connectivity index (χ3v) is 5.35. The SMILES string of the molecule is CC(CSc1nc2ccccc2cc1-c1ccccc1)N(C)C.Cl. The first-order valence-electron chi connectivity index (χ1n) is 7.89. The Bertz CT molecular complexity index is 790.